The fourth-order valence-corrected chi connectivity index (χ4v) is 5.90. The van der Waals surface area contributed by atoms with Gasteiger partial charge in [0.05, 0.1) is 0 Å². The van der Waals surface area contributed by atoms with E-state index in [1.54, 1.807) is 11.8 Å². The van der Waals surface area contributed by atoms with Crippen LogP contribution >= 0.6 is 23.4 Å². The summed E-state index contributed by atoms with van der Waals surface area (Å²) in [4.78, 5) is 26.7. The van der Waals surface area contributed by atoms with Crippen molar-refractivity contribution < 1.29 is 4.79 Å². The second-order valence-corrected chi connectivity index (χ2v) is 11.3. The summed E-state index contributed by atoms with van der Waals surface area (Å²) >= 11 is 7.87. The Morgan fingerprint density at radius 2 is 1.94 bits per heavy atom. The van der Waals surface area contributed by atoms with E-state index in [4.69, 9.17) is 16.6 Å². The molecular weight excluding hydrogens is 478 g/mol. The Balaban J connectivity index is 1.27. The quantitative estimate of drug-likeness (QED) is 0.201. The fraction of sp³-hybridized carbons (Fsp3) is 0.593. The second kappa shape index (κ2) is 12.9. The van der Waals surface area contributed by atoms with Crippen LogP contribution in [0.5, 0.6) is 0 Å². The maximum atomic E-state index is 12.7. The summed E-state index contributed by atoms with van der Waals surface area (Å²) in [6.07, 6.45) is 7.25. The van der Waals surface area contributed by atoms with Crippen molar-refractivity contribution in [1.29, 1.82) is 0 Å². The summed E-state index contributed by atoms with van der Waals surface area (Å²) in [5.41, 5.74) is 1.77. The van der Waals surface area contributed by atoms with Crippen LogP contribution < -0.4 is 10.2 Å². The molecule has 35 heavy (non-hydrogen) atoms. The lowest BCUT2D eigenvalue weighted by Crippen LogP contribution is -2.39. The third kappa shape index (κ3) is 7.83. The summed E-state index contributed by atoms with van der Waals surface area (Å²) in [6, 6.07) is 10.3. The van der Waals surface area contributed by atoms with Crippen LogP contribution in [0.4, 0.5) is 5.82 Å². The Morgan fingerprint density at radius 3 is 2.74 bits per heavy atom. The van der Waals surface area contributed by atoms with Crippen LogP contribution in [0.1, 0.15) is 68.3 Å². The molecule has 6 nitrogen and oxygen atoms in total. The van der Waals surface area contributed by atoms with E-state index in [2.05, 4.69) is 33.9 Å². The van der Waals surface area contributed by atoms with Gasteiger partial charge in [0.2, 0.25) is 0 Å². The molecule has 1 unspecified atom stereocenters. The number of thioether (sulfide) groups is 1. The molecule has 2 aromatic rings. The predicted molar refractivity (Wildman–Crippen MR) is 145 cm³/mol. The summed E-state index contributed by atoms with van der Waals surface area (Å²) in [7, 11) is 0. The van der Waals surface area contributed by atoms with Gasteiger partial charge >= 0.3 is 0 Å². The van der Waals surface area contributed by atoms with Crippen molar-refractivity contribution in [2.45, 2.75) is 69.3 Å². The van der Waals surface area contributed by atoms with Gasteiger partial charge in [-0.15, -0.1) is 0 Å². The average molecular weight is 516 g/mol. The maximum Gasteiger partial charge on any atom is 0.251 e. The smallest absolute Gasteiger partial charge is 0.251 e. The normalized spacial score (nSPS) is 19.6. The number of anilines is 1. The molecule has 1 aromatic carbocycles. The Labute approximate surface area is 219 Å². The number of aromatic nitrogens is 2. The molecule has 2 aliphatic rings. The SMILES string of the molecule is CC1CCN(c2cc(Cl)nc(SCc3cccc(C(=O)NCCCN4CCCCC4C)c3)n2)CC1. The number of nitrogens with one attached hydrogen (secondary N) is 1. The molecule has 1 aromatic heterocycles. The minimum Gasteiger partial charge on any atom is -0.356 e. The van der Waals surface area contributed by atoms with Gasteiger partial charge in [-0.3, -0.25) is 4.79 Å². The van der Waals surface area contributed by atoms with E-state index in [-0.39, 0.29) is 5.91 Å². The molecule has 2 fully saturated rings. The highest BCUT2D eigenvalue weighted by molar-refractivity contribution is 7.98. The highest BCUT2D eigenvalue weighted by atomic mass is 35.5. The highest BCUT2D eigenvalue weighted by Crippen LogP contribution is 2.27. The first kappa shape index (κ1) is 26.2. The van der Waals surface area contributed by atoms with E-state index in [0.29, 0.717) is 34.2 Å². The number of carbonyl (C=O) groups excluding carboxylic acids is 1. The van der Waals surface area contributed by atoms with Crippen molar-refractivity contribution in [2.75, 3.05) is 37.6 Å². The van der Waals surface area contributed by atoms with Crippen molar-refractivity contribution >= 4 is 35.1 Å². The first-order valence-electron chi connectivity index (χ1n) is 13.0. The topological polar surface area (TPSA) is 61.4 Å². The van der Waals surface area contributed by atoms with Crippen molar-refractivity contribution in [3.05, 3.63) is 46.6 Å². The zero-order valence-electron chi connectivity index (χ0n) is 21.0. The van der Waals surface area contributed by atoms with Gasteiger partial charge in [0, 0.05) is 49.6 Å². The molecule has 0 saturated carbocycles. The number of likely N-dealkylation sites (tertiary alicyclic amines) is 1. The van der Waals surface area contributed by atoms with Crippen LogP contribution in [-0.2, 0) is 5.75 Å². The monoisotopic (exact) mass is 515 g/mol. The number of nitrogens with zero attached hydrogens (tertiary/aromatic N) is 4. The zero-order chi connectivity index (χ0) is 24.6. The predicted octanol–water partition coefficient (Wildman–Crippen LogP) is 5.65. The molecule has 8 heteroatoms. The zero-order valence-corrected chi connectivity index (χ0v) is 22.6. The number of carbonyl (C=O) groups is 1. The van der Waals surface area contributed by atoms with Crippen LogP contribution in [-0.4, -0.2) is 59.5 Å². The first-order chi connectivity index (χ1) is 17.0. The summed E-state index contributed by atoms with van der Waals surface area (Å²) in [6.45, 7) is 9.57. The summed E-state index contributed by atoms with van der Waals surface area (Å²) < 4.78 is 0. The van der Waals surface area contributed by atoms with Gasteiger partial charge in [-0.25, -0.2) is 9.97 Å². The van der Waals surface area contributed by atoms with Crippen LogP contribution in [0.2, 0.25) is 5.15 Å². The van der Waals surface area contributed by atoms with E-state index in [9.17, 15) is 4.79 Å². The molecule has 0 radical (unpaired) electrons. The van der Waals surface area contributed by atoms with Gasteiger partial charge in [-0.05, 0) is 69.2 Å². The number of hydrogen-bond acceptors (Lipinski definition) is 6. The summed E-state index contributed by atoms with van der Waals surface area (Å²) in [5, 5.41) is 4.24. The number of amides is 1. The van der Waals surface area contributed by atoms with E-state index < -0.39 is 0 Å². The third-order valence-corrected chi connectivity index (χ3v) is 8.29. The number of halogens is 1. The Hall–Kier alpha value is -1.83. The third-order valence-electron chi connectivity index (χ3n) is 7.17. The van der Waals surface area contributed by atoms with Crippen molar-refractivity contribution in [2.24, 2.45) is 5.92 Å². The number of piperidine rings is 2. The van der Waals surface area contributed by atoms with E-state index >= 15 is 0 Å². The molecule has 2 aliphatic heterocycles. The first-order valence-corrected chi connectivity index (χ1v) is 14.4. The molecule has 0 aliphatic carbocycles. The minimum atomic E-state index is -0.0100. The Bertz CT molecular complexity index is 982. The molecule has 1 N–H and O–H groups in total. The van der Waals surface area contributed by atoms with Crippen LogP contribution in [0, 0.1) is 5.92 Å². The van der Waals surface area contributed by atoms with E-state index in [1.807, 2.05) is 30.3 Å². The van der Waals surface area contributed by atoms with Crippen molar-refractivity contribution in [3.63, 3.8) is 0 Å². The Kier molecular flexibility index (Phi) is 9.69. The lowest BCUT2D eigenvalue weighted by atomic mass is 9.99. The van der Waals surface area contributed by atoms with E-state index in [0.717, 1.165) is 43.4 Å². The molecule has 0 spiro atoms. The molecule has 0 bridgehead atoms. The molecule has 1 amide bonds. The minimum absolute atomic E-state index is 0.0100. The molecule has 4 rings (SSSR count). The summed E-state index contributed by atoms with van der Waals surface area (Å²) in [5.74, 6) is 2.35. The van der Waals surface area contributed by atoms with Gasteiger partial charge in [0.15, 0.2) is 5.16 Å². The lowest BCUT2D eigenvalue weighted by molar-refractivity contribution is 0.0949. The van der Waals surface area contributed by atoms with Gasteiger partial charge in [-0.1, -0.05) is 48.8 Å². The largest absolute Gasteiger partial charge is 0.356 e. The van der Waals surface area contributed by atoms with Crippen molar-refractivity contribution in [1.82, 2.24) is 20.2 Å². The standard InChI is InChI=1S/C27H38ClN5OS/c1-20-10-15-33(16-11-20)25-18-24(28)30-27(31-25)35-19-22-8-5-9-23(17-22)26(34)29-12-6-14-32-13-4-3-7-21(32)2/h5,8-9,17-18,20-21H,3-4,6-7,10-16,19H2,1-2H3,(H,29,34). The van der Waals surface area contributed by atoms with Gasteiger partial charge in [0.1, 0.15) is 11.0 Å². The van der Waals surface area contributed by atoms with Gasteiger partial charge in [0.25, 0.3) is 5.91 Å². The van der Waals surface area contributed by atoms with Crippen LogP contribution in [0.3, 0.4) is 0 Å². The van der Waals surface area contributed by atoms with Crippen LogP contribution in [0.15, 0.2) is 35.5 Å². The Morgan fingerprint density at radius 1 is 1.11 bits per heavy atom. The second-order valence-electron chi connectivity index (χ2n) is 9.98. The molecule has 3 heterocycles. The number of rotatable bonds is 9. The maximum absolute atomic E-state index is 12.7. The fourth-order valence-electron chi connectivity index (χ4n) is 4.88. The molecule has 1 atom stereocenters. The lowest BCUT2D eigenvalue weighted by Gasteiger charge is -2.33. The average Bonchev–Trinajstić information content (AvgIpc) is 2.86. The molecule has 2 saturated heterocycles. The number of benzene rings is 1. The van der Waals surface area contributed by atoms with E-state index in [1.165, 1.54) is 38.6 Å². The highest BCUT2D eigenvalue weighted by Gasteiger charge is 2.19. The molecule has 190 valence electrons. The van der Waals surface area contributed by atoms with Crippen LogP contribution in [0.25, 0.3) is 0 Å². The molecular formula is C27H38ClN5OS. The number of hydrogen-bond donors (Lipinski definition) is 1. The van der Waals surface area contributed by atoms with Crippen molar-refractivity contribution in [3.8, 4) is 0 Å². The van der Waals surface area contributed by atoms with Gasteiger partial charge < -0.3 is 15.1 Å². The van der Waals surface area contributed by atoms with Gasteiger partial charge in [-0.2, -0.15) is 0 Å².